The minimum atomic E-state index is -0.532. The Bertz CT molecular complexity index is 718. The van der Waals surface area contributed by atoms with Crippen LogP contribution in [0.15, 0.2) is 12.7 Å². The molecule has 0 aliphatic carbocycles. The van der Waals surface area contributed by atoms with Crippen LogP contribution in [0.5, 0.6) is 0 Å². The van der Waals surface area contributed by atoms with E-state index in [1.54, 1.807) is 10.9 Å². The second kappa shape index (κ2) is 8.92. The van der Waals surface area contributed by atoms with E-state index in [0.29, 0.717) is 28.5 Å². The number of hydrazine groups is 1. The fraction of sp³-hybridized carbons (Fsp3) is 0.533. The molecule has 0 saturated carbocycles. The molecule has 2 aromatic rings. The van der Waals surface area contributed by atoms with Crippen molar-refractivity contribution in [3.8, 4) is 0 Å². The van der Waals surface area contributed by atoms with Gasteiger partial charge in [0.2, 0.25) is 12.3 Å². The van der Waals surface area contributed by atoms with E-state index >= 15 is 0 Å². The van der Waals surface area contributed by atoms with E-state index < -0.39 is 5.92 Å². The summed E-state index contributed by atoms with van der Waals surface area (Å²) in [5, 5.41) is 9.88. The maximum atomic E-state index is 12.4. The predicted molar refractivity (Wildman–Crippen MR) is 90.3 cm³/mol. The fourth-order valence-corrected chi connectivity index (χ4v) is 2.47. The number of aryl methyl sites for hydroxylation is 1. The number of anilines is 1. The molecular formula is C15H23N7O3. The van der Waals surface area contributed by atoms with E-state index in [0.717, 1.165) is 19.3 Å². The minimum absolute atomic E-state index is 0.0660. The number of imidazole rings is 1. The number of nitrogens with zero attached hydrogens (tertiary/aromatic N) is 5. The number of hydrogen-bond donors (Lipinski definition) is 3. The number of unbranched alkanes of at least 4 members (excludes halogenated alkanes) is 2. The van der Waals surface area contributed by atoms with Crippen LogP contribution in [0.2, 0.25) is 0 Å². The normalized spacial score (nSPS) is 12.0. The van der Waals surface area contributed by atoms with Gasteiger partial charge in [-0.3, -0.25) is 25.6 Å². The third kappa shape index (κ3) is 4.86. The molecule has 3 N–H and O–H groups in total. The third-order valence-electron chi connectivity index (χ3n) is 3.86. The molecule has 0 aromatic carbocycles. The molecule has 0 aliphatic heterocycles. The summed E-state index contributed by atoms with van der Waals surface area (Å²) in [5.74, 6) is -0.488. The number of carbonyl (C=O) groups excluding carboxylic acids is 2. The first-order chi connectivity index (χ1) is 12.1. The van der Waals surface area contributed by atoms with E-state index in [-0.39, 0.29) is 18.9 Å². The van der Waals surface area contributed by atoms with Gasteiger partial charge >= 0.3 is 0 Å². The molecule has 0 radical (unpaired) electrons. The van der Waals surface area contributed by atoms with Crippen molar-refractivity contribution in [2.24, 2.45) is 13.0 Å². The van der Waals surface area contributed by atoms with Gasteiger partial charge < -0.3 is 4.57 Å². The quantitative estimate of drug-likeness (QED) is 0.251. The summed E-state index contributed by atoms with van der Waals surface area (Å²) in [7, 11) is 1.81. The zero-order valence-electron chi connectivity index (χ0n) is 14.3. The molecule has 0 unspecified atom stereocenters. The summed E-state index contributed by atoms with van der Waals surface area (Å²) in [5.41, 5.74) is 6.49. The number of carbonyl (C=O) groups is 2. The summed E-state index contributed by atoms with van der Waals surface area (Å²) in [6.45, 7) is 2.00. The highest BCUT2D eigenvalue weighted by atomic mass is 16.5. The van der Waals surface area contributed by atoms with Crippen LogP contribution in [-0.2, 0) is 16.6 Å². The van der Waals surface area contributed by atoms with E-state index in [2.05, 4.69) is 32.7 Å². The van der Waals surface area contributed by atoms with E-state index in [4.69, 9.17) is 0 Å². The summed E-state index contributed by atoms with van der Waals surface area (Å²) >= 11 is 0. The molecule has 0 bridgehead atoms. The Balaban J connectivity index is 2.02. The fourth-order valence-electron chi connectivity index (χ4n) is 2.47. The van der Waals surface area contributed by atoms with E-state index in [9.17, 15) is 14.8 Å². The molecule has 0 spiro atoms. The first kappa shape index (κ1) is 18.6. The number of nitrogens with one attached hydrogen (secondary N) is 2. The van der Waals surface area contributed by atoms with Crippen molar-refractivity contribution in [2.75, 3.05) is 12.0 Å². The maximum absolute atomic E-state index is 12.4. The monoisotopic (exact) mass is 349 g/mol. The molecule has 10 nitrogen and oxygen atoms in total. The average Bonchev–Trinajstić information content (AvgIpc) is 3.00. The summed E-state index contributed by atoms with van der Waals surface area (Å²) in [6.07, 6.45) is 6.66. The third-order valence-corrected chi connectivity index (χ3v) is 3.86. The molecule has 2 aromatic heterocycles. The highest BCUT2D eigenvalue weighted by molar-refractivity contribution is 5.85. The van der Waals surface area contributed by atoms with Crippen molar-refractivity contribution >= 4 is 29.3 Å². The summed E-state index contributed by atoms with van der Waals surface area (Å²) < 4.78 is 1.74. The van der Waals surface area contributed by atoms with Crippen LogP contribution in [-0.4, -0.2) is 48.7 Å². The van der Waals surface area contributed by atoms with Crippen LogP contribution in [0.1, 0.15) is 32.6 Å². The largest absolute Gasteiger partial charge is 0.318 e. The van der Waals surface area contributed by atoms with Crippen LogP contribution in [0.4, 0.5) is 5.82 Å². The maximum Gasteiger partial charge on any atom is 0.243 e. The van der Waals surface area contributed by atoms with Gasteiger partial charge in [0.15, 0.2) is 17.0 Å². The lowest BCUT2D eigenvalue weighted by atomic mass is 10.0. The molecule has 25 heavy (non-hydrogen) atoms. The van der Waals surface area contributed by atoms with Gasteiger partial charge in [0.05, 0.1) is 18.8 Å². The molecule has 0 fully saturated rings. The highest BCUT2D eigenvalue weighted by Crippen LogP contribution is 2.16. The Hall–Kier alpha value is -2.75. The number of hydroxylamine groups is 2. The number of hydrogen-bond acceptors (Lipinski definition) is 7. The molecule has 10 heteroatoms. The molecule has 136 valence electrons. The summed E-state index contributed by atoms with van der Waals surface area (Å²) in [4.78, 5) is 35.4. The van der Waals surface area contributed by atoms with Crippen molar-refractivity contribution < 1.29 is 14.8 Å². The van der Waals surface area contributed by atoms with Gasteiger partial charge in [0.25, 0.3) is 0 Å². The van der Waals surface area contributed by atoms with Crippen molar-refractivity contribution in [3.63, 3.8) is 0 Å². The van der Waals surface area contributed by atoms with Crippen molar-refractivity contribution in [1.29, 1.82) is 0 Å². The SMILES string of the molecule is CCCCC[C@@H](CN(O)C=O)C(=O)NNc1ncnc2c1ncn2C. The number of fused-ring (bicyclic) bond motifs is 1. The minimum Gasteiger partial charge on any atom is -0.318 e. The van der Waals surface area contributed by atoms with Crippen LogP contribution >= 0.6 is 0 Å². The topological polar surface area (TPSA) is 125 Å². The zero-order valence-corrected chi connectivity index (χ0v) is 14.3. The van der Waals surface area contributed by atoms with Gasteiger partial charge in [-0.05, 0) is 6.42 Å². The highest BCUT2D eigenvalue weighted by Gasteiger charge is 2.21. The lowest BCUT2D eigenvalue weighted by Gasteiger charge is -2.19. The number of amides is 2. The Morgan fingerprint density at radius 2 is 2.20 bits per heavy atom. The van der Waals surface area contributed by atoms with Gasteiger partial charge in [-0.1, -0.05) is 26.2 Å². The molecule has 0 aliphatic rings. The van der Waals surface area contributed by atoms with Gasteiger partial charge in [0.1, 0.15) is 6.33 Å². The Kier molecular flexibility index (Phi) is 6.63. The molecule has 1 atom stereocenters. The molecular weight excluding hydrogens is 326 g/mol. The van der Waals surface area contributed by atoms with Crippen LogP contribution in [0.3, 0.4) is 0 Å². The van der Waals surface area contributed by atoms with Gasteiger partial charge in [-0.25, -0.2) is 20.0 Å². The molecule has 2 amide bonds. The average molecular weight is 349 g/mol. The van der Waals surface area contributed by atoms with Crippen molar-refractivity contribution in [1.82, 2.24) is 30.0 Å². The Labute approximate surface area is 145 Å². The van der Waals surface area contributed by atoms with Crippen molar-refractivity contribution in [3.05, 3.63) is 12.7 Å². The molecule has 2 heterocycles. The molecule has 0 saturated heterocycles. The summed E-state index contributed by atoms with van der Waals surface area (Å²) in [6, 6.07) is 0. The van der Waals surface area contributed by atoms with E-state index in [1.807, 2.05) is 7.05 Å². The van der Waals surface area contributed by atoms with Crippen molar-refractivity contribution in [2.45, 2.75) is 32.6 Å². The second-order valence-corrected chi connectivity index (χ2v) is 5.78. The van der Waals surface area contributed by atoms with Gasteiger partial charge in [-0.2, -0.15) is 0 Å². The molecule has 2 rings (SSSR count). The second-order valence-electron chi connectivity index (χ2n) is 5.78. The van der Waals surface area contributed by atoms with Gasteiger partial charge in [0, 0.05) is 7.05 Å². The smallest absolute Gasteiger partial charge is 0.243 e. The number of rotatable bonds is 10. The lowest BCUT2D eigenvalue weighted by molar-refractivity contribution is -0.154. The van der Waals surface area contributed by atoms with E-state index in [1.165, 1.54) is 6.33 Å². The van der Waals surface area contributed by atoms with Crippen LogP contribution < -0.4 is 10.9 Å². The predicted octanol–water partition coefficient (Wildman–Crippen LogP) is 0.851. The Morgan fingerprint density at radius 3 is 2.92 bits per heavy atom. The van der Waals surface area contributed by atoms with Crippen LogP contribution in [0.25, 0.3) is 11.2 Å². The standard InChI is InChI=1S/C15H23N7O3/c1-3-4-5-6-11(7-22(25)10-23)15(24)20-19-13-12-14(17-8-16-13)21(2)9-18-12/h8-11,25H,3-7H2,1-2H3,(H,20,24)(H,16,17,19)/t11-/m0/s1. The Morgan fingerprint density at radius 1 is 1.40 bits per heavy atom. The first-order valence-corrected chi connectivity index (χ1v) is 8.15. The van der Waals surface area contributed by atoms with Gasteiger partial charge in [-0.15, -0.1) is 0 Å². The lowest BCUT2D eigenvalue weighted by Crippen LogP contribution is -2.40. The van der Waals surface area contributed by atoms with Crippen LogP contribution in [0, 0.1) is 5.92 Å². The zero-order chi connectivity index (χ0) is 18.2. The first-order valence-electron chi connectivity index (χ1n) is 8.15. The number of aromatic nitrogens is 4.